The van der Waals surface area contributed by atoms with Gasteiger partial charge in [-0.05, 0) is 12.1 Å². The van der Waals surface area contributed by atoms with E-state index < -0.39 is 11.7 Å². The van der Waals surface area contributed by atoms with Crippen LogP contribution in [0.5, 0.6) is 0 Å². The number of carbonyl (C=O) groups excluding carboxylic acids is 2. The van der Waals surface area contributed by atoms with Crippen LogP contribution >= 0.6 is 0 Å². The molecule has 1 atom stereocenters. The van der Waals surface area contributed by atoms with Gasteiger partial charge in [-0.25, -0.2) is 4.39 Å². The normalized spacial score (nSPS) is 16.5. The van der Waals surface area contributed by atoms with Crippen LogP contribution in [0.15, 0.2) is 24.3 Å². The quantitative estimate of drug-likeness (QED) is 0.593. The van der Waals surface area contributed by atoms with Crippen molar-refractivity contribution in [1.82, 2.24) is 9.80 Å². The molecule has 1 aromatic carbocycles. The molecule has 4 nitrogen and oxygen atoms in total. The molecule has 2 rings (SSSR count). The highest BCUT2D eigenvalue weighted by Gasteiger charge is 2.26. The molecule has 0 N–H and O–H groups in total. The molecule has 0 aliphatic carbocycles. The maximum absolute atomic E-state index is 13.7. The van der Waals surface area contributed by atoms with Gasteiger partial charge in [-0.15, -0.1) is 12.3 Å². The first-order chi connectivity index (χ1) is 11.5. The van der Waals surface area contributed by atoms with Crippen molar-refractivity contribution < 1.29 is 14.0 Å². The van der Waals surface area contributed by atoms with Crippen molar-refractivity contribution in [2.45, 2.75) is 19.8 Å². The Morgan fingerprint density at radius 3 is 2.54 bits per heavy atom. The summed E-state index contributed by atoms with van der Waals surface area (Å²) in [5, 5.41) is 0. The zero-order chi connectivity index (χ0) is 17.5. The van der Waals surface area contributed by atoms with E-state index in [-0.39, 0.29) is 23.7 Å². The SMILES string of the molecule is C#CCCN1CCN(C(=O)C(C)CC(=O)c2ccccc2F)CC1. The van der Waals surface area contributed by atoms with E-state index in [4.69, 9.17) is 6.42 Å². The van der Waals surface area contributed by atoms with Gasteiger partial charge in [0.15, 0.2) is 5.78 Å². The number of carbonyl (C=O) groups is 2. The molecule has 5 heteroatoms. The van der Waals surface area contributed by atoms with Crippen LogP contribution in [0.25, 0.3) is 0 Å². The lowest BCUT2D eigenvalue weighted by atomic mass is 9.98. The second-order valence-corrected chi connectivity index (χ2v) is 6.13. The molecule has 0 aromatic heterocycles. The van der Waals surface area contributed by atoms with Crippen molar-refractivity contribution >= 4 is 11.7 Å². The number of Topliss-reactive ketones (excluding diaryl/α,β-unsaturated/α-hetero) is 1. The first-order valence-electron chi connectivity index (χ1n) is 8.25. The third kappa shape index (κ3) is 4.65. The monoisotopic (exact) mass is 330 g/mol. The van der Waals surface area contributed by atoms with E-state index in [1.807, 2.05) is 0 Å². The molecular weight excluding hydrogens is 307 g/mol. The molecule has 128 valence electrons. The van der Waals surface area contributed by atoms with Crippen LogP contribution in [0.4, 0.5) is 4.39 Å². The summed E-state index contributed by atoms with van der Waals surface area (Å²) >= 11 is 0. The molecule has 1 aliphatic rings. The molecule has 0 saturated carbocycles. The predicted molar refractivity (Wildman–Crippen MR) is 91.0 cm³/mol. The Bertz CT molecular complexity index is 630. The van der Waals surface area contributed by atoms with Gasteiger partial charge in [-0.2, -0.15) is 0 Å². The van der Waals surface area contributed by atoms with Crippen LogP contribution in [-0.4, -0.2) is 54.2 Å². The number of ketones is 1. The van der Waals surface area contributed by atoms with Crippen LogP contribution < -0.4 is 0 Å². The van der Waals surface area contributed by atoms with E-state index in [2.05, 4.69) is 10.8 Å². The Hall–Kier alpha value is -2.19. The third-order valence-corrected chi connectivity index (χ3v) is 4.34. The molecule has 1 amide bonds. The fourth-order valence-corrected chi connectivity index (χ4v) is 2.89. The summed E-state index contributed by atoms with van der Waals surface area (Å²) in [7, 11) is 0. The summed E-state index contributed by atoms with van der Waals surface area (Å²) < 4.78 is 13.7. The molecule has 1 unspecified atom stereocenters. The fourth-order valence-electron chi connectivity index (χ4n) is 2.89. The smallest absolute Gasteiger partial charge is 0.225 e. The van der Waals surface area contributed by atoms with Gasteiger partial charge >= 0.3 is 0 Å². The summed E-state index contributed by atoms with van der Waals surface area (Å²) in [4.78, 5) is 28.7. The van der Waals surface area contributed by atoms with Crippen molar-refractivity contribution in [3.8, 4) is 12.3 Å². The van der Waals surface area contributed by atoms with E-state index >= 15 is 0 Å². The molecule has 24 heavy (non-hydrogen) atoms. The van der Waals surface area contributed by atoms with Crippen LogP contribution in [0, 0.1) is 24.1 Å². The summed E-state index contributed by atoms with van der Waals surface area (Å²) in [5.74, 6) is 1.25. The number of benzene rings is 1. The standard InChI is InChI=1S/C19H23FN2O2/c1-3-4-9-21-10-12-22(13-11-21)19(24)15(2)14-18(23)16-7-5-6-8-17(16)20/h1,5-8,15H,4,9-14H2,2H3. The number of hydrogen-bond acceptors (Lipinski definition) is 3. The van der Waals surface area contributed by atoms with Gasteiger partial charge in [0.05, 0.1) is 5.56 Å². The van der Waals surface area contributed by atoms with Crippen LogP contribution in [-0.2, 0) is 4.79 Å². The van der Waals surface area contributed by atoms with Crippen LogP contribution in [0.3, 0.4) is 0 Å². The molecule has 1 saturated heterocycles. The van der Waals surface area contributed by atoms with E-state index in [0.29, 0.717) is 19.5 Å². The summed E-state index contributed by atoms with van der Waals surface area (Å²) in [6, 6.07) is 5.88. The summed E-state index contributed by atoms with van der Waals surface area (Å²) in [5.41, 5.74) is 0.0521. The number of hydrogen-bond donors (Lipinski definition) is 0. The van der Waals surface area contributed by atoms with Gasteiger partial charge in [0.2, 0.25) is 5.91 Å². The lowest BCUT2D eigenvalue weighted by Gasteiger charge is -2.35. The Balaban J connectivity index is 1.86. The largest absolute Gasteiger partial charge is 0.340 e. The van der Waals surface area contributed by atoms with Crippen molar-refractivity contribution in [2.75, 3.05) is 32.7 Å². The highest BCUT2D eigenvalue weighted by molar-refractivity contribution is 5.98. The van der Waals surface area contributed by atoms with Gasteiger partial charge < -0.3 is 4.90 Å². The molecule has 0 bridgehead atoms. The van der Waals surface area contributed by atoms with Gasteiger partial charge in [-0.1, -0.05) is 19.1 Å². The molecule has 1 heterocycles. The third-order valence-electron chi connectivity index (χ3n) is 4.34. The topological polar surface area (TPSA) is 40.6 Å². The summed E-state index contributed by atoms with van der Waals surface area (Å²) in [6.45, 7) is 5.44. The maximum Gasteiger partial charge on any atom is 0.225 e. The number of piperazine rings is 1. The molecule has 1 fully saturated rings. The highest BCUT2D eigenvalue weighted by atomic mass is 19.1. The van der Waals surface area contributed by atoms with Gasteiger partial charge in [0.25, 0.3) is 0 Å². The Kier molecular flexibility index (Phi) is 6.51. The van der Waals surface area contributed by atoms with E-state index in [9.17, 15) is 14.0 Å². The minimum atomic E-state index is -0.538. The second-order valence-electron chi connectivity index (χ2n) is 6.13. The van der Waals surface area contributed by atoms with Crippen LogP contribution in [0.2, 0.25) is 0 Å². The molecule has 0 radical (unpaired) electrons. The average Bonchev–Trinajstić information content (AvgIpc) is 2.60. The van der Waals surface area contributed by atoms with Gasteiger partial charge in [0.1, 0.15) is 5.82 Å². The van der Waals surface area contributed by atoms with Gasteiger partial charge in [-0.3, -0.25) is 14.5 Å². The zero-order valence-corrected chi connectivity index (χ0v) is 14.0. The van der Waals surface area contributed by atoms with E-state index in [1.54, 1.807) is 24.0 Å². The van der Waals surface area contributed by atoms with E-state index in [0.717, 1.165) is 19.6 Å². The van der Waals surface area contributed by atoms with E-state index in [1.165, 1.54) is 12.1 Å². The molecule has 1 aliphatic heterocycles. The van der Waals surface area contributed by atoms with Crippen molar-refractivity contribution in [1.29, 1.82) is 0 Å². The number of nitrogens with zero attached hydrogens (tertiary/aromatic N) is 2. The first kappa shape index (κ1) is 18.2. The minimum Gasteiger partial charge on any atom is -0.340 e. The second kappa shape index (κ2) is 8.60. The Labute approximate surface area is 142 Å². The lowest BCUT2D eigenvalue weighted by Crippen LogP contribution is -2.50. The summed E-state index contributed by atoms with van der Waals surface area (Å²) in [6.07, 6.45) is 6.00. The molecule has 0 spiro atoms. The van der Waals surface area contributed by atoms with Gasteiger partial charge in [0, 0.05) is 51.5 Å². The Morgan fingerprint density at radius 1 is 1.25 bits per heavy atom. The average molecular weight is 330 g/mol. The first-order valence-corrected chi connectivity index (χ1v) is 8.25. The number of terminal acetylenes is 1. The molecular formula is C19H23FN2O2. The Morgan fingerprint density at radius 2 is 1.92 bits per heavy atom. The fraction of sp³-hybridized carbons (Fsp3) is 0.474. The highest BCUT2D eigenvalue weighted by Crippen LogP contribution is 2.16. The molecule has 1 aromatic rings. The van der Waals surface area contributed by atoms with Crippen molar-refractivity contribution in [2.24, 2.45) is 5.92 Å². The van der Waals surface area contributed by atoms with Crippen LogP contribution in [0.1, 0.15) is 30.1 Å². The number of rotatable bonds is 6. The lowest BCUT2D eigenvalue weighted by molar-refractivity contribution is -0.136. The zero-order valence-electron chi connectivity index (χ0n) is 14.0. The number of halogens is 1. The number of amides is 1. The van der Waals surface area contributed by atoms with Crippen molar-refractivity contribution in [3.05, 3.63) is 35.6 Å². The maximum atomic E-state index is 13.7. The predicted octanol–water partition coefficient (Wildman–Crippen LogP) is 2.20. The minimum absolute atomic E-state index is 0.0249. The van der Waals surface area contributed by atoms with Crippen molar-refractivity contribution in [3.63, 3.8) is 0 Å².